The molecule has 1 aromatic carbocycles. The highest BCUT2D eigenvalue weighted by Gasteiger charge is 2.33. The van der Waals surface area contributed by atoms with Gasteiger partial charge in [0.1, 0.15) is 13.9 Å². The first-order valence-corrected chi connectivity index (χ1v) is 14.1. The molecule has 1 saturated heterocycles. The van der Waals surface area contributed by atoms with Gasteiger partial charge in [-0.15, -0.1) is 11.3 Å². The van der Waals surface area contributed by atoms with Crippen molar-refractivity contribution in [3.63, 3.8) is 0 Å². The number of carbonyl (C=O) groups excluding carboxylic acids is 1. The molecule has 0 unspecified atom stereocenters. The standard InChI is InChI=1S/C23H24ClN3O2S4/c1-4-7-12-27-20(28)17(32-22(27)19-21(29)26(6-3)23(30)33-19)10-11-18-25(5-2)15-13-14(24)8-9-16(15)31-18/h8-11,13H,4-7,12H2,1-3H3/b17-10+,18-11-,22-19-. The number of hydrogen-bond donors (Lipinski definition) is 0. The number of thiazole rings is 1. The van der Waals surface area contributed by atoms with Crippen LogP contribution in [0, 0.1) is 0 Å². The van der Waals surface area contributed by atoms with Gasteiger partial charge in [0.25, 0.3) is 11.5 Å². The molecule has 2 aromatic rings. The van der Waals surface area contributed by atoms with E-state index in [0.29, 0.717) is 36.5 Å². The predicted octanol–water partition coefficient (Wildman–Crippen LogP) is 4.61. The molecule has 33 heavy (non-hydrogen) atoms. The van der Waals surface area contributed by atoms with Crippen molar-refractivity contribution in [2.24, 2.45) is 0 Å². The normalized spacial score (nSPS) is 19.4. The second kappa shape index (κ2) is 10.4. The van der Waals surface area contributed by atoms with Gasteiger partial charge >= 0.3 is 0 Å². The molecule has 10 heteroatoms. The summed E-state index contributed by atoms with van der Waals surface area (Å²) < 4.78 is 3.60. The molecular formula is C23H24ClN3O2S4. The molecule has 5 nitrogen and oxygen atoms in total. The summed E-state index contributed by atoms with van der Waals surface area (Å²) in [6.45, 7) is 7.99. The number of halogens is 1. The van der Waals surface area contributed by atoms with E-state index in [0.717, 1.165) is 35.0 Å². The number of amides is 1. The van der Waals surface area contributed by atoms with Crippen LogP contribution in [0.4, 0.5) is 5.69 Å². The number of hydrogen-bond acceptors (Lipinski definition) is 7. The molecule has 0 aliphatic carbocycles. The summed E-state index contributed by atoms with van der Waals surface area (Å²) in [5.74, 6) is -0.111. The summed E-state index contributed by atoms with van der Waals surface area (Å²) in [6.07, 6.45) is 5.69. The minimum absolute atomic E-state index is 0.0614. The van der Waals surface area contributed by atoms with Crippen molar-refractivity contribution in [3.8, 4) is 0 Å². The third-order valence-corrected chi connectivity index (χ3v) is 9.47. The van der Waals surface area contributed by atoms with Gasteiger partial charge in [-0.3, -0.25) is 19.1 Å². The second-order valence-electron chi connectivity index (χ2n) is 7.46. The number of rotatable bonds is 6. The van der Waals surface area contributed by atoms with Crippen LogP contribution in [-0.4, -0.2) is 32.8 Å². The number of unbranched alkanes of at least 4 members (excludes halogenated alkanes) is 1. The number of benzene rings is 1. The average Bonchev–Trinajstić information content (AvgIpc) is 3.40. The summed E-state index contributed by atoms with van der Waals surface area (Å²) in [5.41, 5.74) is 1.02. The van der Waals surface area contributed by atoms with E-state index in [1.165, 1.54) is 23.1 Å². The van der Waals surface area contributed by atoms with Gasteiger partial charge in [0.05, 0.1) is 15.2 Å². The van der Waals surface area contributed by atoms with Crippen molar-refractivity contribution in [2.75, 3.05) is 18.0 Å². The van der Waals surface area contributed by atoms with E-state index >= 15 is 0 Å². The van der Waals surface area contributed by atoms with Crippen LogP contribution in [0.1, 0.15) is 33.6 Å². The van der Waals surface area contributed by atoms with Crippen molar-refractivity contribution in [3.05, 3.63) is 53.9 Å². The summed E-state index contributed by atoms with van der Waals surface area (Å²) >= 11 is 15.9. The minimum Gasteiger partial charge on any atom is -0.335 e. The second-order valence-corrected chi connectivity index (χ2v) is 11.6. The number of thiocarbonyl (C=S) groups is 1. The highest BCUT2D eigenvalue weighted by atomic mass is 35.5. The summed E-state index contributed by atoms with van der Waals surface area (Å²) in [4.78, 5) is 31.7. The molecule has 3 heterocycles. The number of aromatic nitrogens is 1. The maximum Gasteiger partial charge on any atom is 0.269 e. The Kier molecular flexibility index (Phi) is 7.75. The van der Waals surface area contributed by atoms with Crippen LogP contribution in [-0.2, 0) is 11.3 Å². The number of carbonyl (C=O) groups is 1. The van der Waals surface area contributed by atoms with E-state index in [4.69, 9.17) is 23.8 Å². The number of nitrogens with zero attached hydrogens (tertiary/aromatic N) is 3. The maximum absolute atomic E-state index is 13.3. The predicted molar refractivity (Wildman–Crippen MR) is 147 cm³/mol. The quantitative estimate of drug-likeness (QED) is 0.502. The molecule has 0 N–H and O–H groups in total. The van der Waals surface area contributed by atoms with E-state index in [1.807, 2.05) is 37.3 Å². The number of allylic oxidation sites excluding steroid dienone is 1. The maximum atomic E-state index is 13.3. The van der Waals surface area contributed by atoms with Crippen LogP contribution in [0.15, 0.2) is 39.0 Å². The van der Waals surface area contributed by atoms with Crippen molar-refractivity contribution in [1.29, 1.82) is 0 Å². The van der Waals surface area contributed by atoms with Crippen LogP contribution in [0.3, 0.4) is 0 Å². The van der Waals surface area contributed by atoms with Gasteiger partial charge in [-0.1, -0.05) is 60.7 Å². The van der Waals surface area contributed by atoms with Crippen molar-refractivity contribution < 1.29 is 4.79 Å². The van der Waals surface area contributed by atoms with Gasteiger partial charge < -0.3 is 4.90 Å². The van der Waals surface area contributed by atoms with E-state index in [1.54, 1.807) is 21.2 Å². The first-order chi connectivity index (χ1) is 15.9. The Bertz CT molecular complexity index is 1330. The summed E-state index contributed by atoms with van der Waals surface area (Å²) in [5, 5.41) is 1.75. The zero-order valence-electron chi connectivity index (χ0n) is 18.6. The summed E-state index contributed by atoms with van der Waals surface area (Å²) in [7, 11) is 0. The van der Waals surface area contributed by atoms with E-state index in [-0.39, 0.29) is 11.5 Å². The SMILES string of the molecule is CCCCn1c(=O)/c(=C\C=C2/Sc3ccc(Cl)cc3N2CC)s/c1=C1\SC(=S)N(CC)C1=O. The molecule has 1 aromatic heterocycles. The lowest BCUT2D eigenvalue weighted by molar-refractivity contribution is -0.120. The Hall–Kier alpha value is -1.52. The van der Waals surface area contributed by atoms with Gasteiger partial charge in [0, 0.05) is 29.6 Å². The fourth-order valence-corrected chi connectivity index (χ4v) is 7.58. The smallest absolute Gasteiger partial charge is 0.269 e. The molecular weight excluding hydrogens is 514 g/mol. The fraction of sp³-hybridized carbons (Fsp3) is 0.348. The van der Waals surface area contributed by atoms with Crippen LogP contribution >= 0.6 is 58.7 Å². The highest BCUT2D eigenvalue weighted by molar-refractivity contribution is 8.30. The van der Waals surface area contributed by atoms with Crippen LogP contribution in [0.25, 0.3) is 11.0 Å². The van der Waals surface area contributed by atoms with E-state index in [2.05, 4.69) is 18.7 Å². The number of anilines is 1. The Balaban J connectivity index is 1.81. The van der Waals surface area contributed by atoms with Crippen LogP contribution < -0.4 is 19.7 Å². The molecule has 1 amide bonds. The highest BCUT2D eigenvalue weighted by Crippen LogP contribution is 2.46. The van der Waals surface area contributed by atoms with Gasteiger partial charge in [0.15, 0.2) is 0 Å². The minimum atomic E-state index is -0.111. The van der Waals surface area contributed by atoms with Gasteiger partial charge in [0.2, 0.25) is 0 Å². The first-order valence-electron chi connectivity index (χ1n) is 10.8. The molecule has 4 rings (SSSR count). The Labute approximate surface area is 215 Å². The topological polar surface area (TPSA) is 45.6 Å². The third kappa shape index (κ3) is 4.71. The third-order valence-electron chi connectivity index (χ3n) is 5.39. The lowest BCUT2D eigenvalue weighted by Gasteiger charge is -2.17. The molecule has 2 aliphatic rings. The lowest BCUT2D eigenvalue weighted by atomic mass is 10.3. The molecule has 0 atom stereocenters. The van der Waals surface area contributed by atoms with E-state index in [9.17, 15) is 9.59 Å². The lowest BCUT2D eigenvalue weighted by Crippen LogP contribution is -2.33. The molecule has 174 valence electrons. The van der Waals surface area contributed by atoms with Gasteiger partial charge in [-0.25, -0.2) is 0 Å². The van der Waals surface area contributed by atoms with Crippen molar-refractivity contribution in [1.82, 2.24) is 9.47 Å². The molecule has 0 radical (unpaired) electrons. The molecule has 1 fully saturated rings. The Morgan fingerprint density at radius 1 is 1.06 bits per heavy atom. The molecule has 0 saturated carbocycles. The Morgan fingerprint density at radius 2 is 1.82 bits per heavy atom. The fourth-order valence-electron chi connectivity index (χ4n) is 3.69. The zero-order valence-corrected chi connectivity index (χ0v) is 22.6. The van der Waals surface area contributed by atoms with Crippen LogP contribution in [0.2, 0.25) is 5.02 Å². The largest absolute Gasteiger partial charge is 0.335 e. The monoisotopic (exact) mass is 537 g/mol. The molecule has 0 spiro atoms. The zero-order chi connectivity index (χ0) is 23.7. The Morgan fingerprint density at radius 3 is 2.48 bits per heavy atom. The summed E-state index contributed by atoms with van der Waals surface area (Å²) in [6, 6.07) is 5.88. The average molecular weight is 538 g/mol. The van der Waals surface area contributed by atoms with Crippen molar-refractivity contribution >= 4 is 85.6 Å². The van der Waals surface area contributed by atoms with Crippen molar-refractivity contribution in [2.45, 2.75) is 45.1 Å². The van der Waals surface area contributed by atoms with Gasteiger partial charge in [-0.05, 0) is 50.6 Å². The first kappa shape index (κ1) is 24.6. The number of fused-ring (bicyclic) bond motifs is 1. The van der Waals surface area contributed by atoms with E-state index < -0.39 is 0 Å². The molecule has 2 aliphatic heterocycles. The number of thioether (sulfide) groups is 2. The van der Waals surface area contributed by atoms with Crippen LogP contribution in [0.5, 0.6) is 0 Å². The van der Waals surface area contributed by atoms with Gasteiger partial charge in [-0.2, -0.15) is 0 Å². The molecule has 0 bridgehead atoms.